The van der Waals surface area contributed by atoms with E-state index in [0.29, 0.717) is 34.2 Å². The minimum Gasteiger partial charge on any atom is -0.493 e. The van der Waals surface area contributed by atoms with Gasteiger partial charge in [0.1, 0.15) is 6.54 Å². The zero-order chi connectivity index (χ0) is 18.8. The first kappa shape index (κ1) is 17.6. The van der Waals surface area contributed by atoms with Gasteiger partial charge in [0, 0.05) is 12.6 Å². The molecule has 0 aliphatic carbocycles. The normalized spacial score (nSPS) is 13.3. The number of anilines is 2. The van der Waals surface area contributed by atoms with Crippen LogP contribution in [-0.2, 0) is 4.79 Å². The second-order valence-electron chi connectivity index (χ2n) is 5.75. The number of para-hydroxylation sites is 2. The molecule has 1 aliphatic rings. The number of carbonyl (C=O) groups is 2. The summed E-state index contributed by atoms with van der Waals surface area (Å²) in [4.78, 5) is 28.5. The van der Waals surface area contributed by atoms with Gasteiger partial charge in [-0.1, -0.05) is 12.1 Å². The topological polar surface area (TPSA) is 68.3 Å². The molecule has 0 N–H and O–H groups in total. The fourth-order valence-corrected chi connectivity index (χ4v) is 2.98. The minimum atomic E-state index is -0.321. The molecule has 0 aromatic heterocycles. The van der Waals surface area contributed by atoms with E-state index in [2.05, 4.69) is 0 Å². The number of hydrogen-bond donors (Lipinski definition) is 0. The van der Waals surface area contributed by atoms with E-state index in [-0.39, 0.29) is 18.4 Å². The highest BCUT2D eigenvalue weighted by Crippen LogP contribution is 2.39. The monoisotopic (exact) mass is 356 g/mol. The number of amides is 2. The third-order valence-electron chi connectivity index (χ3n) is 4.36. The molecule has 0 radical (unpaired) electrons. The van der Waals surface area contributed by atoms with E-state index >= 15 is 0 Å². The van der Waals surface area contributed by atoms with Crippen LogP contribution in [0, 0.1) is 0 Å². The van der Waals surface area contributed by atoms with Crippen LogP contribution in [0.25, 0.3) is 0 Å². The van der Waals surface area contributed by atoms with E-state index < -0.39 is 0 Å². The van der Waals surface area contributed by atoms with Gasteiger partial charge in [-0.3, -0.25) is 14.5 Å². The minimum absolute atomic E-state index is 0.0387. The first-order chi connectivity index (χ1) is 12.5. The second kappa shape index (κ2) is 6.95. The van der Waals surface area contributed by atoms with Crippen molar-refractivity contribution in [2.24, 2.45) is 0 Å². The highest BCUT2D eigenvalue weighted by atomic mass is 16.5. The summed E-state index contributed by atoms with van der Waals surface area (Å²) in [6.07, 6.45) is 0. The van der Waals surface area contributed by atoms with Crippen molar-refractivity contribution in [1.29, 1.82) is 0 Å². The summed E-state index contributed by atoms with van der Waals surface area (Å²) in [5.74, 6) is 0.678. The number of likely N-dealkylation sites (N-methyl/N-ethyl adjacent to an activating group) is 1. The molecule has 1 heterocycles. The van der Waals surface area contributed by atoms with E-state index in [9.17, 15) is 9.59 Å². The Balaban J connectivity index is 2.07. The molecule has 7 heteroatoms. The lowest BCUT2D eigenvalue weighted by atomic mass is 10.1. The summed E-state index contributed by atoms with van der Waals surface area (Å²) in [7, 11) is 6.17. The van der Waals surface area contributed by atoms with E-state index in [4.69, 9.17) is 14.2 Å². The summed E-state index contributed by atoms with van der Waals surface area (Å²) >= 11 is 0. The van der Waals surface area contributed by atoms with Gasteiger partial charge in [-0.15, -0.1) is 0 Å². The molecule has 7 nitrogen and oxygen atoms in total. The number of carbonyl (C=O) groups excluding carboxylic acids is 2. The molecule has 0 saturated heterocycles. The smallest absolute Gasteiger partial charge is 0.259 e. The van der Waals surface area contributed by atoms with Crippen LogP contribution in [0.4, 0.5) is 11.4 Å². The summed E-state index contributed by atoms with van der Waals surface area (Å²) in [6, 6.07) is 10.4. The fourth-order valence-electron chi connectivity index (χ4n) is 2.98. The predicted octanol–water partition coefficient (Wildman–Crippen LogP) is 2.34. The molecule has 136 valence electrons. The van der Waals surface area contributed by atoms with Gasteiger partial charge in [0.15, 0.2) is 11.5 Å². The predicted molar refractivity (Wildman–Crippen MR) is 97.6 cm³/mol. The molecule has 0 spiro atoms. The van der Waals surface area contributed by atoms with E-state index in [1.807, 2.05) is 24.3 Å². The van der Waals surface area contributed by atoms with Crippen molar-refractivity contribution in [1.82, 2.24) is 0 Å². The van der Waals surface area contributed by atoms with Crippen molar-refractivity contribution in [3.05, 3.63) is 42.0 Å². The summed E-state index contributed by atoms with van der Waals surface area (Å²) in [5, 5.41) is 0. The lowest BCUT2D eigenvalue weighted by molar-refractivity contribution is -0.117. The van der Waals surface area contributed by atoms with Crippen LogP contribution in [0.3, 0.4) is 0 Å². The van der Waals surface area contributed by atoms with Crippen molar-refractivity contribution < 1.29 is 23.8 Å². The van der Waals surface area contributed by atoms with Crippen molar-refractivity contribution >= 4 is 23.2 Å². The number of hydrogen-bond acceptors (Lipinski definition) is 5. The Morgan fingerprint density at radius 3 is 2.08 bits per heavy atom. The number of rotatable bonds is 4. The van der Waals surface area contributed by atoms with Gasteiger partial charge >= 0.3 is 0 Å². The van der Waals surface area contributed by atoms with E-state index in [1.165, 1.54) is 26.2 Å². The Morgan fingerprint density at radius 2 is 1.54 bits per heavy atom. The average Bonchev–Trinajstić information content (AvgIpc) is 2.68. The highest BCUT2D eigenvalue weighted by molar-refractivity contribution is 6.16. The van der Waals surface area contributed by atoms with E-state index in [0.717, 1.165) is 0 Å². The first-order valence-electron chi connectivity index (χ1n) is 7.99. The Hall–Kier alpha value is -3.22. The van der Waals surface area contributed by atoms with E-state index in [1.54, 1.807) is 24.1 Å². The van der Waals surface area contributed by atoms with Gasteiger partial charge in [0.05, 0.1) is 32.7 Å². The van der Waals surface area contributed by atoms with Crippen LogP contribution < -0.4 is 24.0 Å². The Bertz CT molecular complexity index is 840. The Morgan fingerprint density at radius 1 is 0.962 bits per heavy atom. The summed E-state index contributed by atoms with van der Waals surface area (Å²) in [5.41, 5.74) is 1.70. The first-order valence-corrected chi connectivity index (χ1v) is 7.99. The van der Waals surface area contributed by atoms with Crippen molar-refractivity contribution in [2.75, 3.05) is 44.7 Å². The quantitative estimate of drug-likeness (QED) is 0.841. The maximum atomic E-state index is 13.2. The van der Waals surface area contributed by atoms with Crippen molar-refractivity contribution in [3.63, 3.8) is 0 Å². The number of benzene rings is 2. The standard InChI is InChI=1S/C19H20N2O5/c1-20-13-7-5-6-8-14(13)21(11-17(20)22)19(23)12-9-15(24-2)18(26-4)16(10-12)25-3/h5-10H,11H2,1-4H3. The van der Waals surface area contributed by atoms with Crippen LogP contribution in [0.1, 0.15) is 10.4 Å². The Kier molecular flexibility index (Phi) is 4.71. The molecule has 0 unspecified atom stereocenters. The van der Waals surface area contributed by atoms with Gasteiger partial charge in [-0.05, 0) is 24.3 Å². The van der Waals surface area contributed by atoms with Gasteiger partial charge in [-0.2, -0.15) is 0 Å². The van der Waals surface area contributed by atoms with Crippen molar-refractivity contribution in [2.45, 2.75) is 0 Å². The molecule has 26 heavy (non-hydrogen) atoms. The maximum Gasteiger partial charge on any atom is 0.259 e. The van der Waals surface area contributed by atoms with Crippen LogP contribution in [0.2, 0.25) is 0 Å². The molecule has 0 atom stereocenters. The van der Waals surface area contributed by atoms with Crippen LogP contribution in [-0.4, -0.2) is 46.7 Å². The molecular formula is C19H20N2O5. The third-order valence-corrected chi connectivity index (χ3v) is 4.36. The van der Waals surface area contributed by atoms with Gasteiger partial charge in [-0.25, -0.2) is 0 Å². The zero-order valence-corrected chi connectivity index (χ0v) is 15.1. The van der Waals surface area contributed by atoms with Crippen molar-refractivity contribution in [3.8, 4) is 17.2 Å². The second-order valence-corrected chi connectivity index (χ2v) is 5.75. The maximum absolute atomic E-state index is 13.2. The molecule has 2 aromatic rings. The summed E-state index contributed by atoms with van der Waals surface area (Å²) in [6.45, 7) is -0.0387. The van der Waals surface area contributed by atoms with Crippen LogP contribution >= 0.6 is 0 Å². The summed E-state index contributed by atoms with van der Waals surface area (Å²) < 4.78 is 15.9. The van der Waals surface area contributed by atoms with Gasteiger partial charge in [0.25, 0.3) is 5.91 Å². The largest absolute Gasteiger partial charge is 0.493 e. The third kappa shape index (κ3) is 2.81. The molecule has 0 saturated carbocycles. The Labute approximate surface area is 151 Å². The molecule has 0 bridgehead atoms. The SMILES string of the molecule is COc1cc(C(=O)N2CC(=O)N(C)c3ccccc32)cc(OC)c1OC. The lowest BCUT2D eigenvalue weighted by Gasteiger charge is -2.34. The van der Waals surface area contributed by atoms with Crippen LogP contribution in [0.5, 0.6) is 17.2 Å². The molecular weight excluding hydrogens is 336 g/mol. The molecule has 2 aromatic carbocycles. The molecule has 0 fully saturated rings. The number of methoxy groups -OCH3 is 3. The molecule has 3 rings (SSSR count). The molecule has 2 amide bonds. The fraction of sp³-hybridized carbons (Fsp3) is 0.263. The average molecular weight is 356 g/mol. The van der Waals surface area contributed by atoms with Crippen LogP contribution in [0.15, 0.2) is 36.4 Å². The number of ether oxygens (including phenoxy) is 3. The zero-order valence-electron chi connectivity index (χ0n) is 15.1. The lowest BCUT2D eigenvalue weighted by Crippen LogP contribution is -2.46. The number of nitrogens with zero attached hydrogens (tertiary/aromatic N) is 2. The van der Waals surface area contributed by atoms with Gasteiger partial charge < -0.3 is 19.1 Å². The highest BCUT2D eigenvalue weighted by Gasteiger charge is 2.31. The van der Waals surface area contributed by atoms with Gasteiger partial charge in [0.2, 0.25) is 11.7 Å². The molecule has 1 aliphatic heterocycles. The number of fused-ring (bicyclic) bond motifs is 1.